The molecule has 3 rings (SSSR count). The zero-order chi connectivity index (χ0) is 12.5. The second-order valence-electron chi connectivity index (χ2n) is 5.25. The van der Waals surface area contributed by atoms with Crippen molar-refractivity contribution in [2.45, 2.75) is 25.4 Å². The number of nitrogens with zero attached hydrogens (tertiary/aromatic N) is 1. The van der Waals surface area contributed by atoms with Gasteiger partial charge in [-0.3, -0.25) is 9.69 Å². The molecule has 5 nitrogen and oxygen atoms in total. The summed E-state index contributed by atoms with van der Waals surface area (Å²) in [6, 6.07) is 1.97. The van der Waals surface area contributed by atoms with Crippen molar-refractivity contribution >= 4 is 0 Å². The highest BCUT2D eigenvalue weighted by molar-refractivity contribution is 5.15. The minimum Gasteiger partial charge on any atom is -0.502 e. The van der Waals surface area contributed by atoms with E-state index in [1.807, 2.05) is 0 Å². The average molecular weight is 250 g/mol. The van der Waals surface area contributed by atoms with Crippen LogP contribution in [0.3, 0.4) is 0 Å². The summed E-state index contributed by atoms with van der Waals surface area (Å²) in [6.07, 6.45) is 3.66. The van der Waals surface area contributed by atoms with Crippen LogP contribution < -0.4 is 10.7 Å². The van der Waals surface area contributed by atoms with Gasteiger partial charge in [0.2, 0.25) is 5.43 Å². The van der Waals surface area contributed by atoms with E-state index in [1.54, 1.807) is 0 Å². The molecule has 18 heavy (non-hydrogen) atoms. The molecule has 2 saturated heterocycles. The molecule has 0 amide bonds. The van der Waals surface area contributed by atoms with Crippen molar-refractivity contribution < 1.29 is 9.52 Å². The van der Waals surface area contributed by atoms with Crippen LogP contribution in [0, 0.1) is 5.92 Å². The first-order valence-electron chi connectivity index (χ1n) is 6.49. The largest absolute Gasteiger partial charge is 0.502 e. The van der Waals surface area contributed by atoms with Crippen molar-refractivity contribution in [2.75, 3.05) is 19.6 Å². The van der Waals surface area contributed by atoms with Crippen molar-refractivity contribution in [2.24, 2.45) is 5.92 Å². The molecule has 0 bridgehead atoms. The zero-order valence-electron chi connectivity index (χ0n) is 10.3. The molecule has 3 heterocycles. The molecular weight excluding hydrogens is 232 g/mol. The molecule has 0 unspecified atom stereocenters. The van der Waals surface area contributed by atoms with Crippen LogP contribution in [-0.4, -0.2) is 35.7 Å². The van der Waals surface area contributed by atoms with Gasteiger partial charge in [0, 0.05) is 25.2 Å². The number of nitrogens with one attached hydrogen (secondary N) is 1. The van der Waals surface area contributed by atoms with E-state index < -0.39 is 0 Å². The third-order valence-electron chi connectivity index (χ3n) is 3.92. The highest BCUT2D eigenvalue weighted by Crippen LogP contribution is 2.25. The smallest absolute Gasteiger partial charge is 0.226 e. The van der Waals surface area contributed by atoms with Crippen molar-refractivity contribution in [3.63, 3.8) is 0 Å². The minimum absolute atomic E-state index is 0.324. The molecule has 2 aliphatic heterocycles. The standard InChI is InChI=1S/C13H18N2O3/c16-12-4-10(18-8-13(12)17)6-15-5-9-2-1-3-14-11(9)7-15/h4,8-9,11,14,17H,1-3,5-7H2/t9-,11+/m0/s1. The minimum atomic E-state index is -0.369. The summed E-state index contributed by atoms with van der Waals surface area (Å²) in [6.45, 7) is 3.82. The third kappa shape index (κ3) is 2.28. The number of rotatable bonds is 2. The number of likely N-dealkylation sites (tertiary alicyclic amines) is 1. The fraction of sp³-hybridized carbons (Fsp3) is 0.615. The molecule has 0 aliphatic carbocycles. The third-order valence-corrected chi connectivity index (χ3v) is 3.92. The van der Waals surface area contributed by atoms with E-state index in [9.17, 15) is 4.79 Å². The average Bonchev–Trinajstić information content (AvgIpc) is 2.76. The molecule has 98 valence electrons. The lowest BCUT2D eigenvalue weighted by Crippen LogP contribution is -2.40. The molecule has 0 saturated carbocycles. The van der Waals surface area contributed by atoms with Crippen molar-refractivity contribution in [1.29, 1.82) is 0 Å². The van der Waals surface area contributed by atoms with E-state index in [0.29, 0.717) is 18.3 Å². The van der Waals surface area contributed by atoms with Crippen molar-refractivity contribution in [3.05, 3.63) is 28.3 Å². The summed E-state index contributed by atoms with van der Waals surface area (Å²) < 4.78 is 5.24. The molecule has 2 fully saturated rings. The predicted octanol–water partition coefficient (Wildman–Crippen LogP) is 0.529. The van der Waals surface area contributed by atoms with Gasteiger partial charge in [0.25, 0.3) is 0 Å². The highest BCUT2D eigenvalue weighted by Gasteiger charge is 2.34. The van der Waals surface area contributed by atoms with E-state index in [0.717, 1.165) is 31.8 Å². The summed E-state index contributed by atoms with van der Waals surface area (Å²) in [5.41, 5.74) is -0.369. The Kier molecular flexibility index (Phi) is 3.09. The molecule has 0 spiro atoms. The van der Waals surface area contributed by atoms with Gasteiger partial charge in [0.05, 0.1) is 6.54 Å². The molecule has 2 N–H and O–H groups in total. The van der Waals surface area contributed by atoms with E-state index in [2.05, 4.69) is 10.2 Å². The highest BCUT2D eigenvalue weighted by atomic mass is 16.4. The Labute approximate surface area is 105 Å². The van der Waals surface area contributed by atoms with Crippen LogP contribution in [-0.2, 0) is 6.54 Å². The van der Waals surface area contributed by atoms with Crippen LogP contribution in [0.1, 0.15) is 18.6 Å². The fourth-order valence-corrected chi connectivity index (χ4v) is 3.01. The SMILES string of the molecule is O=c1cc(CN2C[C@@H]3CCCN[C@@H]3C2)occ1O. The van der Waals surface area contributed by atoms with Crippen LogP contribution in [0.2, 0.25) is 0 Å². The second kappa shape index (κ2) is 4.74. The Hall–Kier alpha value is -1.33. The lowest BCUT2D eigenvalue weighted by molar-refractivity contribution is 0.278. The van der Waals surface area contributed by atoms with Gasteiger partial charge in [0.15, 0.2) is 5.75 Å². The van der Waals surface area contributed by atoms with Gasteiger partial charge >= 0.3 is 0 Å². The van der Waals surface area contributed by atoms with Gasteiger partial charge in [-0.25, -0.2) is 0 Å². The van der Waals surface area contributed by atoms with Crippen LogP contribution in [0.5, 0.6) is 5.75 Å². The van der Waals surface area contributed by atoms with Crippen LogP contribution >= 0.6 is 0 Å². The number of piperidine rings is 1. The summed E-state index contributed by atoms with van der Waals surface area (Å²) in [7, 11) is 0. The maximum Gasteiger partial charge on any atom is 0.226 e. The predicted molar refractivity (Wildman–Crippen MR) is 66.4 cm³/mol. The summed E-state index contributed by atoms with van der Waals surface area (Å²) in [4.78, 5) is 13.6. The van der Waals surface area contributed by atoms with E-state index in [-0.39, 0.29) is 11.2 Å². The molecule has 0 aromatic carbocycles. The lowest BCUT2D eigenvalue weighted by Gasteiger charge is -2.24. The lowest BCUT2D eigenvalue weighted by atomic mass is 9.94. The quantitative estimate of drug-likeness (QED) is 0.801. The van der Waals surface area contributed by atoms with Crippen molar-refractivity contribution in [3.8, 4) is 5.75 Å². The van der Waals surface area contributed by atoms with Gasteiger partial charge in [-0.2, -0.15) is 0 Å². The maximum absolute atomic E-state index is 11.3. The van der Waals surface area contributed by atoms with Crippen molar-refractivity contribution in [1.82, 2.24) is 10.2 Å². The zero-order valence-corrected chi connectivity index (χ0v) is 10.3. The summed E-state index contributed by atoms with van der Waals surface area (Å²) in [5.74, 6) is 1.02. The molecule has 0 radical (unpaired) electrons. The molecule has 1 aromatic rings. The molecule has 1 aromatic heterocycles. The first kappa shape index (κ1) is 11.7. The number of fused-ring (bicyclic) bond motifs is 1. The molecule has 5 heteroatoms. The Balaban J connectivity index is 1.66. The molecule has 2 aliphatic rings. The summed E-state index contributed by atoms with van der Waals surface area (Å²) in [5, 5.41) is 12.7. The van der Waals surface area contributed by atoms with Gasteiger partial charge in [-0.05, 0) is 25.3 Å². The monoisotopic (exact) mass is 250 g/mol. The van der Waals surface area contributed by atoms with E-state index in [4.69, 9.17) is 9.52 Å². The molecular formula is C13H18N2O3. The maximum atomic E-state index is 11.3. The van der Waals surface area contributed by atoms with Gasteiger partial charge in [-0.1, -0.05) is 0 Å². The number of aromatic hydroxyl groups is 1. The van der Waals surface area contributed by atoms with Gasteiger partial charge in [0.1, 0.15) is 12.0 Å². The Morgan fingerprint density at radius 1 is 1.50 bits per heavy atom. The first-order chi connectivity index (χ1) is 8.72. The normalized spacial score (nSPS) is 28.2. The van der Waals surface area contributed by atoms with Gasteiger partial charge < -0.3 is 14.8 Å². The number of hydrogen-bond donors (Lipinski definition) is 2. The van der Waals surface area contributed by atoms with Crippen LogP contribution in [0.25, 0.3) is 0 Å². The van der Waals surface area contributed by atoms with Gasteiger partial charge in [-0.15, -0.1) is 0 Å². The Bertz CT molecular complexity index is 471. The van der Waals surface area contributed by atoms with Crippen LogP contribution in [0.4, 0.5) is 0 Å². The second-order valence-corrected chi connectivity index (χ2v) is 5.25. The van der Waals surface area contributed by atoms with Crippen LogP contribution in [0.15, 0.2) is 21.5 Å². The fourth-order valence-electron chi connectivity index (χ4n) is 3.01. The van der Waals surface area contributed by atoms with E-state index in [1.165, 1.54) is 18.9 Å². The topological polar surface area (TPSA) is 65.7 Å². The molecule has 2 atom stereocenters. The number of hydrogen-bond acceptors (Lipinski definition) is 5. The first-order valence-corrected chi connectivity index (χ1v) is 6.49. The summed E-state index contributed by atoms with van der Waals surface area (Å²) >= 11 is 0. The Morgan fingerprint density at radius 2 is 2.39 bits per heavy atom. The van der Waals surface area contributed by atoms with E-state index >= 15 is 0 Å². The Morgan fingerprint density at radius 3 is 3.17 bits per heavy atom.